The molecule has 0 fully saturated rings. The van der Waals surface area contributed by atoms with Crippen LogP contribution in [0.4, 0.5) is 0 Å². The average Bonchev–Trinajstić information content (AvgIpc) is 2.53. The summed E-state index contributed by atoms with van der Waals surface area (Å²) in [6.45, 7) is 7.43. The van der Waals surface area contributed by atoms with Gasteiger partial charge in [-0.25, -0.2) is 0 Å². The van der Waals surface area contributed by atoms with Crippen LogP contribution in [-0.2, 0) is 14.3 Å². The van der Waals surface area contributed by atoms with Crippen molar-refractivity contribution in [1.82, 2.24) is 4.90 Å². The maximum atomic E-state index is 12.6. The van der Waals surface area contributed by atoms with Crippen LogP contribution in [0.15, 0.2) is 24.3 Å². The second kappa shape index (κ2) is 10.0. The molecule has 0 spiro atoms. The first-order valence-electron chi connectivity index (χ1n) is 7.98. The third-order valence-electron chi connectivity index (χ3n) is 3.42. The Hall–Kier alpha value is -1.88. The highest BCUT2D eigenvalue weighted by Gasteiger charge is 2.17. The first kappa shape index (κ1) is 19.2. The minimum atomic E-state index is -0.315. The van der Waals surface area contributed by atoms with Gasteiger partial charge in [0.25, 0.3) is 5.91 Å². The van der Waals surface area contributed by atoms with Gasteiger partial charge in [0, 0.05) is 25.3 Å². The quantitative estimate of drug-likeness (QED) is 0.518. The molecule has 1 aromatic carbocycles. The lowest BCUT2D eigenvalue weighted by atomic mass is 10.1. The van der Waals surface area contributed by atoms with Crippen LogP contribution in [0.25, 0.3) is 0 Å². The molecule has 0 unspecified atom stereocenters. The second-order valence-corrected chi connectivity index (χ2v) is 5.76. The van der Waals surface area contributed by atoms with E-state index in [0.29, 0.717) is 25.3 Å². The number of methoxy groups -OCH3 is 1. The van der Waals surface area contributed by atoms with Gasteiger partial charge in [-0.15, -0.1) is 0 Å². The Labute approximate surface area is 138 Å². The fourth-order valence-electron chi connectivity index (χ4n) is 2.10. The van der Waals surface area contributed by atoms with Gasteiger partial charge in [0.05, 0.1) is 19.6 Å². The maximum Gasteiger partial charge on any atom is 0.307 e. The molecule has 1 amide bonds. The number of hydrogen-bond acceptors (Lipinski definition) is 4. The highest BCUT2D eigenvalue weighted by atomic mass is 16.5. The summed E-state index contributed by atoms with van der Waals surface area (Å²) in [5, 5.41) is 0. The van der Waals surface area contributed by atoms with E-state index in [1.165, 1.54) is 7.11 Å². The van der Waals surface area contributed by atoms with E-state index in [9.17, 15) is 9.59 Å². The number of benzene rings is 1. The van der Waals surface area contributed by atoms with Crippen LogP contribution in [0.3, 0.4) is 0 Å². The maximum absolute atomic E-state index is 12.6. The molecule has 0 aliphatic heterocycles. The van der Waals surface area contributed by atoms with E-state index in [0.717, 1.165) is 12.0 Å². The summed E-state index contributed by atoms with van der Waals surface area (Å²) in [5.74, 6) is -0.386. The van der Waals surface area contributed by atoms with Crippen LogP contribution >= 0.6 is 0 Å². The standard InChI is InChI=1S/C18H27NO4/c1-14(2)23-13-5-11-19(12-10-17(20)22-4)18(21)16-8-6-15(3)7-9-16/h6-9,14H,5,10-13H2,1-4H3. The van der Waals surface area contributed by atoms with Crippen molar-refractivity contribution in [2.75, 3.05) is 26.8 Å². The second-order valence-electron chi connectivity index (χ2n) is 5.76. The fraction of sp³-hybridized carbons (Fsp3) is 0.556. The number of aryl methyl sites for hydroxylation is 1. The zero-order valence-corrected chi connectivity index (χ0v) is 14.5. The van der Waals surface area contributed by atoms with Crippen LogP contribution < -0.4 is 0 Å². The van der Waals surface area contributed by atoms with Crippen LogP contribution in [0, 0.1) is 6.92 Å². The SMILES string of the molecule is COC(=O)CCN(CCCOC(C)C)C(=O)c1ccc(C)cc1. The van der Waals surface area contributed by atoms with E-state index < -0.39 is 0 Å². The molecule has 0 N–H and O–H groups in total. The first-order chi connectivity index (χ1) is 10.9. The molecule has 1 aromatic rings. The molecule has 5 nitrogen and oxygen atoms in total. The predicted molar refractivity (Wildman–Crippen MR) is 89.4 cm³/mol. The van der Waals surface area contributed by atoms with Crippen molar-refractivity contribution in [1.29, 1.82) is 0 Å². The number of esters is 1. The van der Waals surface area contributed by atoms with Gasteiger partial charge >= 0.3 is 5.97 Å². The molecule has 1 rings (SSSR count). The Morgan fingerprint density at radius 2 is 1.78 bits per heavy atom. The number of rotatable bonds is 9. The van der Waals surface area contributed by atoms with E-state index >= 15 is 0 Å². The zero-order chi connectivity index (χ0) is 17.2. The largest absolute Gasteiger partial charge is 0.469 e. The summed E-state index contributed by atoms with van der Waals surface area (Å²) in [7, 11) is 1.35. The van der Waals surface area contributed by atoms with Gasteiger partial charge in [0.1, 0.15) is 0 Å². The molecule has 5 heteroatoms. The summed E-state index contributed by atoms with van der Waals surface area (Å²) >= 11 is 0. The van der Waals surface area contributed by atoms with Gasteiger partial charge < -0.3 is 14.4 Å². The number of ether oxygens (including phenoxy) is 2. The number of amides is 1. The summed E-state index contributed by atoms with van der Waals surface area (Å²) in [6, 6.07) is 7.45. The molecule has 0 bridgehead atoms. The molecule has 0 aliphatic rings. The summed E-state index contributed by atoms with van der Waals surface area (Å²) in [4.78, 5) is 25.7. The first-order valence-corrected chi connectivity index (χ1v) is 7.98. The highest BCUT2D eigenvalue weighted by Crippen LogP contribution is 2.09. The van der Waals surface area contributed by atoms with Crippen LogP contribution in [0.1, 0.15) is 42.6 Å². The van der Waals surface area contributed by atoms with E-state index in [4.69, 9.17) is 4.74 Å². The lowest BCUT2D eigenvalue weighted by Crippen LogP contribution is -2.34. The number of carbonyl (C=O) groups excluding carboxylic acids is 2. The summed E-state index contributed by atoms with van der Waals surface area (Å²) in [5.41, 5.74) is 1.73. The Morgan fingerprint density at radius 1 is 1.13 bits per heavy atom. The van der Waals surface area contributed by atoms with E-state index in [1.807, 2.05) is 45.0 Å². The van der Waals surface area contributed by atoms with Crippen molar-refractivity contribution in [2.45, 2.75) is 39.7 Å². The molecular formula is C18H27NO4. The summed E-state index contributed by atoms with van der Waals surface area (Å²) < 4.78 is 10.2. The lowest BCUT2D eigenvalue weighted by molar-refractivity contribution is -0.140. The molecule has 0 radical (unpaired) electrons. The van der Waals surface area contributed by atoms with Gasteiger partial charge in [0.15, 0.2) is 0 Å². The van der Waals surface area contributed by atoms with Gasteiger partial charge in [0.2, 0.25) is 0 Å². The molecule has 0 saturated carbocycles. The predicted octanol–water partition coefficient (Wildman–Crippen LogP) is 2.82. The van der Waals surface area contributed by atoms with Crippen molar-refractivity contribution in [3.05, 3.63) is 35.4 Å². The smallest absolute Gasteiger partial charge is 0.307 e. The summed E-state index contributed by atoms with van der Waals surface area (Å²) in [6.07, 6.45) is 1.10. The highest BCUT2D eigenvalue weighted by molar-refractivity contribution is 5.94. The molecule has 0 aliphatic carbocycles. The van der Waals surface area contributed by atoms with Gasteiger partial charge in [-0.05, 0) is 39.3 Å². The Balaban J connectivity index is 2.66. The minimum Gasteiger partial charge on any atom is -0.469 e. The molecule has 23 heavy (non-hydrogen) atoms. The Kier molecular flexibility index (Phi) is 8.33. The normalized spacial score (nSPS) is 10.7. The molecule has 128 valence electrons. The third kappa shape index (κ3) is 7.28. The number of nitrogens with zero attached hydrogens (tertiary/aromatic N) is 1. The van der Waals surface area contributed by atoms with Crippen molar-refractivity contribution in [2.24, 2.45) is 0 Å². The Bertz CT molecular complexity index is 496. The lowest BCUT2D eigenvalue weighted by Gasteiger charge is -2.22. The van der Waals surface area contributed by atoms with Crippen LogP contribution in [0.5, 0.6) is 0 Å². The van der Waals surface area contributed by atoms with Crippen LogP contribution in [-0.4, -0.2) is 49.7 Å². The molecule has 0 aromatic heterocycles. The topological polar surface area (TPSA) is 55.8 Å². The van der Waals surface area contributed by atoms with Crippen molar-refractivity contribution < 1.29 is 19.1 Å². The Morgan fingerprint density at radius 3 is 2.35 bits per heavy atom. The van der Waals surface area contributed by atoms with E-state index in [2.05, 4.69) is 4.74 Å². The fourth-order valence-corrected chi connectivity index (χ4v) is 2.10. The molecule has 0 atom stereocenters. The minimum absolute atomic E-state index is 0.0709. The molecule has 0 saturated heterocycles. The van der Waals surface area contributed by atoms with E-state index in [-0.39, 0.29) is 24.4 Å². The van der Waals surface area contributed by atoms with Gasteiger partial charge in [-0.2, -0.15) is 0 Å². The third-order valence-corrected chi connectivity index (χ3v) is 3.42. The van der Waals surface area contributed by atoms with Crippen molar-refractivity contribution in [3.63, 3.8) is 0 Å². The molecular weight excluding hydrogens is 294 g/mol. The molecule has 0 heterocycles. The van der Waals surface area contributed by atoms with E-state index in [1.54, 1.807) is 4.90 Å². The van der Waals surface area contributed by atoms with Crippen molar-refractivity contribution in [3.8, 4) is 0 Å². The van der Waals surface area contributed by atoms with Gasteiger partial charge in [-0.3, -0.25) is 9.59 Å². The number of hydrogen-bond donors (Lipinski definition) is 0. The monoisotopic (exact) mass is 321 g/mol. The average molecular weight is 321 g/mol. The number of carbonyl (C=O) groups is 2. The van der Waals surface area contributed by atoms with Gasteiger partial charge in [-0.1, -0.05) is 17.7 Å². The zero-order valence-electron chi connectivity index (χ0n) is 14.5. The van der Waals surface area contributed by atoms with Crippen molar-refractivity contribution >= 4 is 11.9 Å². The van der Waals surface area contributed by atoms with Crippen LogP contribution in [0.2, 0.25) is 0 Å².